The second-order valence-corrected chi connectivity index (χ2v) is 5.57. The maximum Gasteiger partial charge on any atom is 0.330 e. The van der Waals surface area contributed by atoms with Crippen molar-refractivity contribution in [3.8, 4) is 0 Å². The van der Waals surface area contributed by atoms with Crippen LogP contribution in [0.2, 0.25) is 0 Å². The van der Waals surface area contributed by atoms with E-state index in [2.05, 4.69) is 29.2 Å². The van der Waals surface area contributed by atoms with Gasteiger partial charge in [-0.15, -0.1) is 0 Å². The molecule has 0 bridgehead atoms. The molecule has 0 amide bonds. The highest BCUT2D eigenvalue weighted by molar-refractivity contribution is 5.82. The Balaban J connectivity index is 1.78. The quantitative estimate of drug-likeness (QED) is 0.616. The highest BCUT2D eigenvalue weighted by atomic mass is 16.6. The summed E-state index contributed by atoms with van der Waals surface area (Å²) in [6.45, 7) is 7.35. The molecule has 0 aliphatic carbocycles. The molecule has 4 heteroatoms. The maximum absolute atomic E-state index is 11.5. The number of carbonyl (C=O) groups is 1. The summed E-state index contributed by atoms with van der Waals surface area (Å²) in [4.78, 5) is 13.8. The molecular formula is C17H23NO3. The summed E-state index contributed by atoms with van der Waals surface area (Å²) in [6.07, 6.45) is 1.46. The Hall–Kier alpha value is -1.65. The van der Waals surface area contributed by atoms with Crippen molar-refractivity contribution < 1.29 is 14.3 Å². The lowest BCUT2D eigenvalue weighted by molar-refractivity contribution is -0.144. The average molecular weight is 289 g/mol. The summed E-state index contributed by atoms with van der Waals surface area (Å²) in [5.74, 6) is -0.293. The molecule has 4 nitrogen and oxygen atoms in total. The van der Waals surface area contributed by atoms with Gasteiger partial charge in [-0.25, -0.2) is 4.79 Å². The number of nitrogens with zero attached hydrogens (tertiary/aromatic N) is 1. The van der Waals surface area contributed by atoms with Crippen LogP contribution in [0.4, 0.5) is 0 Å². The van der Waals surface area contributed by atoms with Gasteiger partial charge in [-0.05, 0) is 19.4 Å². The molecule has 1 aromatic carbocycles. The van der Waals surface area contributed by atoms with Crippen molar-refractivity contribution in [3.63, 3.8) is 0 Å². The molecule has 0 aromatic heterocycles. The van der Waals surface area contributed by atoms with Gasteiger partial charge in [0.2, 0.25) is 0 Å². The minimum atomic E-state index is -0.293. The molecule has 0 radical (unpaired) electrons. The number of ether oxygens (including phenoxy) is 2. The van der Waals surface area contributed by atoms with Gasteiger partial charge in [0.05, 0.1) is 6.61 Å². The summed E-state index contributed by atoms with van der Waals surface area (Å²) in [5.41, 5.74) is 2.23. The third-order valence-electron chi connectivity index (χ3n) is 3.29. The van der Waals surface area contributed by atoms with Crippen molar-refractivity contribution in [2.45, 2.75) is 26.5 Å². The summed E-state index contributed by atoms with van der Waals surface area (Å²) in [7, 11) is 0. The van der Waals surface area contributed by atoms with Crippen molar-refractivity contribution in [3.05, 3.63) is 47.5 Å². The predicted molar refractivity (Wildman–Crippen MR) is 81.8 cm³/mol. The smallest absolute Gasteiger partial charge is 0.330 e. The summed E-state index contributed by atoms with van der Waals surface area (Å²) in [6, 6.07) is 10.4. The fraction of sp³-hybridized carbons (Fsp3) is 0.471. The number of esters is 1. The van der Waals surface area contributed by atoms with Crippen LogP contribution in [-0.2, 0) is 20.8 Å². The van der Waals surface area contributed by atoms with Crippen LogP contribution in [0.25, 0.3) is 0 Å². The Morgan fingerprint density at radius 1 is 1.38 bits per heavy atom. The van der Waals surface area contributed by atoms with Gasteiger partial charge in [-0.3, -0.25) is 4.90 Å². The molecule has 1 atom stereocenters. The van der Waals surface area contributed by atoms with E-state index in [1.54, 1.807) is 0 Å². The molecule has 0 saturated carbocycles. The lowest BCUT2D eigenvalue weighted by atomic mass is 10.2. The number of morpholine rings is 1. The van der Waals surface area contributed by atoms with Gasteiger partial charge in [-0.2, -0.15) is 0 Å². The zero-order chi connectivity index (χ0) is 15.1. The Morgan fingerprint density at radius 3 is 2.86 bits per heavy atom. The topological polar surface area (TPSA) is 38.8 Å². The first-order valence-electron chi connectivity index (χ1n) is 7.33. The van der Waals surface area contributed by atoms with Crippen LogP contribution in [0.3, 0.4) is 0 Å². The molecule has 0 N–H and O–H groups in total. The molecule has 21 heavy (non-hydrogen) atoms. The largest absolute Gasteiger partial charge is 0.460 e. The van der Waals surface area contributed by atoms with Crippen LogP contribution < -0.4 is 0 Å². The van der Waals surface area contributed by atoms with E-state index in [0.29, 0.717) is 13.2 Å². The van der Waals surface area contributed by atoms with Crippen molar-refractivity contribution in [1.29, 1.82) is 0 Å². The van der Waals surface area contributed by atoms with Crippen LogP contribution in [0.5, 0.6) is 0 Å². The van der Waals surface area contributed by atoms with E-state index in [-0.39, 0.29) is 12.1 Å². The average Bonchev–Trinajstić information content (AvgIpc) is 2.46. The molecular weight excluding hydrogens is 266 g/mol. The highest BCUT2D eigenvalue weighted by Crippen LogP contribution is 2.11. The molecule has 114 valence electrons. The molecule has 1 unspecified atom stereocenters. The molecule has 1 fully saturated rings. The fourth-order valence-corrected chi connectivity index (χ4v) is 2.32. The van der Waals surface area contributed by atoms with E-state index in [4.69, 9.17) is 9.47 Å². The second kappa shape index (κ2) is 7.96. The summed E-state index contributed by atoms with van der Waals surface area (Å²) < 4.78 is 10.9. The van der Waals surface area contributed by atoms with Crippen molar-refractivity contribution in [1.82, 2.24) is 4.90 Å². The highest BCUT2D eigenvalue weighted by Gasteiger charge is 2.21. The van der Waals surface area contributed by atoms with Gasteiger partial charge in [0.25, 0.3) is 0 Å². The molecule has 0 spiro atoms. The Labute approximate surface area is 126 Å². The van der Waals surface area contributed by atoms with Gasteiger partial charge in [0.15, 0.2) is 0 Å². The van der Waals surface area contributed by atoms with E-state index in [1.807, 2.05) is 19.9 Å². The summed E-state index contributed by atoms with van der Waals surface area (Å²) in [5, 5.41) is 0. The molecule has 1 saturated heterocycles. The van der Waals surface area contributed by atoms with E-state index >= 15 is 0 Å². The van der Waals surface area contributed by atoms with Crippen LogP contribution in [0.1, 0.15) is 19.4 Å². The minimum absolute atomic E-state index is 0.0445. The molecule has 1 aliphatic heterocycles. The third-order valence-corrected chi connectivity index (χ3v) is 3.29. The lowest BCUT2D eigenvalue weighted by Crippen LogP contribution is -2.44. The molecule has 1 aromatic rings. The lowest BCUT2D eigenvalue weighted by Gasteiger charge is -2.32. The Morgan fingerprint density at radius 2 is 2.14 bits per heavy atom. The van der Waals surface area contributed by atoms with Gasteiger partial charge in [-0.1, -0.05) is 35.9 Å². The number of benzene rings is 1. The first kappa shape index (κ1) is 15.7. The first-order chi connectivity index (χ1) is 10.1. The number of rotatable bonds is 5. The third kappa shape index (κ3) is 5.69. The zero-order valence-electron chi connectivity index (χ0n) is 12.7. The number of carbonyl (C=O) groups excluding carboxylic acids is 1. The second-order valence-electron chi connectivity index (χ2n) is 5.57. The molecule has 2 rings (SSSR count). The van der Waals surface area contributed by atoms with E-state index in [9.17, 15) is 4.79 Å². The van der Waals surface area contributed by atoms with Crippen LogP contribution in [-0.4, -0.2) is 43.3 Å². The molecule has 1 aliphatic rings. The van der Waals surface area contributed by atoms with E-state index in [1.165, 1.54) is 11.6 Å². The first-order valence-corrected chi connectivity index (χ1v) is 7.33. The number of allylic oxidation sites excluding steroid dienone is 1. The van der Waals surface area contributed by atoms with E-state index in [0.717, 1.165) is 25.2 Å². The van der Waals surface area contributed by atoms with Crippen molar-refractivity contribution in [2.75, 3.05) is 26.3 Å². The normalized spacial score (nSPS) is 19.0. The van der Waals surface area contributed by atoms with Crippen LogP contribution >= 0.6 is 0 Å². The van der Waals surface area contributed by atoms with Crippen molar-refractivity contribution >= 4 is 5.97 Å². The predicted octanol–water partition coefficient (Wildman–Crippen LogP) is 2.40. The van der Waals surface area contributed by atoms with Crippen molar-refractivity contribution in [2.24, 2.45) is 0 Å². The zero-order valence-corrected chi connectivity index (χ0v) is 12.7. The van der Waals surface area contributed by atoms with Gasteiger partial charge in [0.1, 0.15) is 12.7 Å². The maximum atomic E-state index is 11.5. The van der Waals surface area contributed by atoms with Crippen LogP contribution in [0, 0.1) is 0 Å². The van der Waals surface area contributed by atoms with E-state index < -0.39 is 0 Å². The van der Waals surface area contributed by atoms with Gasteiger partial charge < -0.3 is 9.47 Å². The fourth-order valence-electron chi connectivity index (χ4n) is 2.32. The minimum Gasteiger partial charge on any atom is -0.460 e. The van der Waals surface area contributed by atoms with Crippen LogP contribution in [0.15, 0.2) is 42.0 Å². The van der Waals surface area contributed by atoms with Gasteiger partial charge in [0, 0.05) is 25.7 Å². The molecule has 1 heterocycles. The van der Waals surface area contributed by atoms with Gasteiger partial charge >= 0.3 is 5.97 Å². The monoisotopic (exact) mass is 289 g/mol. The summed E-state index contributed by atoms with van der Waals surface area (Å²) >= 11 is 0. The Bertz CT molecular complexity index is 480. The SMILES string of the molecule is CC(C)=CC(=O)OCC1CN(Cc2ccccc2)CCO1. The number of hydrogen-bond donors (Lipinski definition) is 0. The Kier molecular flexibility index (Phi) is 5.96. The number of hydrogen-bond acceptors (Lipinski definition) is 4. The standard InChI is InChI=1S/C17H23NO3/c1-14(2)10-17(19)21-13-16-12-18(8-9-20-16)11-15-6-4-3-5-7-15/h3-7,10,16H,8-9,11-13H2,1-2H3.